The van der Waals surface area contributed by atoms with Gasteiger partial charge in [0, 0.05) is 22.0 Å². The number of carbonyl (C=O) groups excluding carboxylic acids is 1. The van der Waals surface area contributed by atoms with Crippen molar-refractivity contribution in [3.8, 4) is 0 Å². The second kappa shape index (κ2) is 5.60. The van der Waals surface area contributed by atoms with Crippen molar-refractivity contribution in [3.63, 3.8) is 0 Å². The number of anilines is 1. The first-order valence-electron chi connectivity index (χ1n) is 8.54. The maximum atomic E-state index is 12.8. The second-order valence-corrected chi connectivity index (χ2v) is 6.51. The highest BCUT2D eigenvalue weighted by Gasteiger charge is 2.19. The van der Waals surface area contributed by atoms with Crippen LogP contribution in [0.1, 0.15) is 16.1 Å². The zero-order valence-corrected chi connectivity index (χ0v) is 14.4. The first-order chi connectivity index (χ1) is 13.1. The van der Waals surface area contributed by atoms with E-state index in [0.29, 0.717) is 22.3 Å². The molecule has 2 heterocycles. The third kappa shape index (κ3) is 2.42. The van der Waals surface area contributed by atoms with Gasteiger partial charge in [0.2, 0.25) is 0 Å². The molecule has 0 saturated carbocycles. The van der Waals surface area contributed by atoms with Crippen molar-refractivity contribution < 1.29 is 9.21 Å². The van der Waals surface area contributed by atoms with Gasteiger partial charge in [0.1, 0.15) is 5.58 Å². The van der Waals surface area contributed by atoms with Crippen molar-refractivity contribution in [2.45, 2.75) is 6.92 Å². The summed E-state index contributed by atoms with van der Waals surface area (Å²) >= 11 is 0. The summed E-state index contributed by atoms with van der Waals surface area (Å²) in [5.74, 6) is -0.0472. The number of aromatic amines is 2. The Morgan fingerprint density at radius 1 is 0.963 bits per heavy atom. The minimum atomic E-state index is -0.329. The summed E-state index contributed by atoms with van der Waals surface area (Å²) in [6, 6.07) is 17.1. The molecule has 0 fully saturated rings. The Bertz CT molecular complexity index is 1410. The second-order valence-electron chi connectivity index (χ2n) is 6.51. The number of fused-ring (bicyclic) bond motifs is 4. The smallest absolute Gasteiger partial charge is 0.323 e. The first-order valence-corrected chi connectivity index (χ1v) is 8.54. The van der Waals surface area contributed by atoms with Crippen LogP contribution in [-0.2, 0) is 0 Å². The van der Waals surface area contributed by atoms with E-state index in [1.54, 1.807) is 18.2 Å². The van der Waals surface area contributed by atoms with Crippen LogP contribution in [0.2, 0.25) is 0 Å². The van der Waals surface area contributed by atoms with E-state index >= 15 is 0 Å². The Kier molecular flexibility index (Phi) is 3.21. The zero-order valence-electron chi connectivity index (χ0n) is 14.4. The molecule has 0 aliphatic carbocycles. The monoisotopic (exact) mass is 357 g/mol. The fourth-order valence-electron chi connectivity index (χ4n) is 3.46. The quantitative estimate of drug-likeness (QED) is 0.439. The van der Waals surface area contributed by atoms with Crippen molar-refractivity contribution in [2.24, 2.45) is 0 Å². The molecule has 0 saturated heterocycles. The first kappa shape index (κ1) is 15.5. The van der Waals surface area contributed by atoms with E-state index in [1.807, 2.05) is 43.3 Å². The molecule has 0 radical (unpaired) electrons. The summed E-state index contributed by atoms with van der Waals surface area (Å²) in [6.07, 6.45) is 0. The van der Waals surface area contributed by atoms with Crippen LogP contribution in [-0.4, -0.2) is 15.9 Å². The van der Waals surface area contributed by atoms with Gasteiger partial charge in [-0.3, -0.25) is 4.79 Å². The van der Waals surface area contributed by atoms with Crippen molar-refractivity contribution in [2.75, 3.05) is 5.32 Å². The highest BCUT2D eigenvalue weighted by atomic mass is 16.3. The summed E-state index contributed by atoms with van der Waals surface area (Å²) in [7, 11) is 0. The number of aromatic nitrogens is 2. The van der Waals surface area contributed by atoms with E-state index in [4.69, 9.17) is 4.42 Å². The summed E-state index contributed by atoms with van der Waals surface area (Å²) < 4.78 is 5.96. The SMILES string of the molecule is Cc1c(C(=O)Nc2ccc3[nH]c(=O)[nH]c3c2)oc2c1ccc1ccccc12. The van der Waals surface area contributed by atoms with Gasteiger partial charge < -0.3 is 19.7 Å². The van der Waals surface area contributed by atoms with E-state index < -0.39 is 0 Å². The largest absolute Gasteiger partial charge is 0.450 e. The fraction of sp³-hybridized carbons (Fsp3) is 0.0476. The maximum absolute atomic E-state index is 12.8. The highest BCUT2D eigenvalue weighted by molar-refractivity contribution is 6.11. The molecular formula is C21H15N3O3. The molecule has 5 aromatic rings. The normalized spacial score (nSPS) is 11.4. The van der Waals surface area contributed by atoms with Gasteiger partial charge >= 0.3 is 5.69 Å². The Morgan fingerprint density at radius 3 is 2.67 bits per heavy atom. The number of nitrogens with one attached hydrogen (secondary N) is 3. The van der Waals surface area contributed by atoms with Crippen molar-refractivity contribution in [1.82, 2.24) is 9.97 Å². The number of hydrogen-bond donors (Lipinski definition) is 3. The number of furan rings is 1. The molecule has 5 rings (SSSR count). The fourth-order valence-corrected chi connectivity index (χ4v) is 3.46. The lowest BCUT2D eigenvalue weighted by atomic mass is 10.1. The predicted octanol–water partition coefficient (Wildman–Crippen LogP) is 4.32. The highest BCUT2D eigenvalue weighted by Crippen LogP contribution is 2.32. The van der Waals surface area contributed by atoms with Crippen LogP contribution in [0.3, 0.4) is 0 Å². The average molecular weight is 357 g/mol. The summed E-state index contributed by atoms with van der Waals surface area (Å²) in [4.78, 5) is 29.5. The molecular weight excluding hydrogens is 342 g/mol. The molecule has 132 valence electrons. The molecule has 0 aliphatic heterocycles. The molecule has 6 heteroatoms. The lowest BCUT2D eigenvalue weighted by Crippen LogP contribution is -2.12. The van der Waals surface area contributed by atoms with Crippen molar-refractivity contribution in [3.05, 3.63) is 76.4 Å². The summed E-state index contributed by atoms with van der Waals surface area (Å²) in [5.41, 5.74) is 3.11. The number of hydrogen-bond acceptors (Lipinski definition) is 3. The van der Waals surface area contributed by atoms with Gasteiger partial charge in [-0.15, -0.1) is 0 Å². The summed E-state index contributed by atoms with van der Waals surface area (Å²) in [6.45, 7) is 1.88. The maximum Gasteiger partial charge on any atom is 0.323 e. The third-order valence-corrected chi connectivity index (χ3v) is 4.81. The summed E-state index contributed by atoms with van der Waals surface area (Å²) in [5, 5.41) is 5.80. The molecule has 6 nitrogen and oxygen atoms in total. The number of amides is 1. The van der Waals surface area contributed by atoms with Crippen LogP contribution in [0.25, 0.3) is 32.8 Å². The average Bonchev–Trinajstić information content (AvgIpc) is 3.20. The molecule has 0 bridgehead atoms. The molecule has 27 heavy (non-hydrogen) atoms. The zero-order chi connectivity index (χ0) is 18.5. The molecule has 0 unspecified atom stereocenters. The molecule has 3 aromatic carbocycles. The van der Waals surface area contributed by atoms with Crippen LogP contribution in [0.5, 0.6) is 0 Å². The molecule has 0 atom stereocenters. The van der Waals surface area contributed by atoms with Crippen LogP contribution in [0.15, 0.2) is 63.8 Å². The van der Waals surface area contributed by atoms with Crippen LogP contribution < -0.4 is 11.0 Å². The van der Waals surface area contributed by atoms with Crippen molar-refractivity contribution in [1.29, 1.82) is 0 Å². The van der Waals surface area contributed by atoms with Gasteiger partial charge in [0.15, 0.2) is 5.76 Å². The third-order valence-electron chi connectivity index (χ3n) is 4.81. The molecule has 3 N–H and O–H groups in total. The lowest BCUT2D eigenvalue weighted by molar-refractivity contribution is 0.0998. The number of H-pyrrole nitrogens is 2. The Hall–Kier alpha value is -3.80. The topological polar surface area (TPSA) is 90.9 Å². The molecule has 1 amide bonds. The Balaban J connectivity index is 1.57. The van der Waals surface area contributed by atoms with Gasteiger partial charge in [0.05, 0.1) is 11.0 Å². The standard InChI is InChI=1S/C21H15N3O3/c1-11-14-8-6-12-4-2-3-5-15(12)19(14)27-18(11)20(25)22-13-7-9-16-17(10-13)24-21(26)23-16/h2-10H,1H3,(H,22,25)(H2,23,24,26). The Labute approximate surface area is 152 Å². The minimum absolute atomic E-state index is 0.281. The molecule has 2 aromatic heterocycles. The number of rotatable bonds is 2. The van der Waals surface area contributed by atoms with Gasteiger partial charge in [-0.1, -0.05) is 36.4 Å². The van der Waals surface area contributed by atoms with E-state index in [9.17, 15) is 9.59 Å². The van der Waals surface area contributed by atoms with E-state index in [1.165, 1.54) is 0 Å². The van der Waals surface area contributed by atoms with E-state index in [0.717, 1.165) is 21.7 Å². The van der Waals surface area contributed by atoms with Gasteiger partial charge in [0.25, 0.3) is 5.91 Å². The van der Waals surface area contributed by atoms with Crippen LogP contribution >= 0.6 is 0 Å². The predicted molar refractivity (Wildman–Crippen MR) is 105 cm³/mol. The van der Waals surface area contributed by atoms with E-state index in [-0.39, 0.29) is 17.4 Å². The van der Waals surface area contributed by atoms with Gasteiger partial charge in [-0.05, 0) is 30.5 Å². The Morgan fingerprint density at radius 2 is 1.78 bits per heavy atom. The number of imidazole rings is 1. The molecule has 0 aliphatic rings. The van der Waals surface area contributed by atoms with Crippen LogP contribution in [0.4, 0.5) is 5.69 Å². The lowest BCUT2D eigenvalue weighted by Gasteiger charge is -2.03. The van der Waals surface area contributed by atoms with Crippen LogP contribution in [0, 0.1) is 6.92 Å². The van der Waals surface area contributed by atoms with Gasteiger partial charge in [-0.2, -0.15) is 0 Å². The van der Waals surface area contributed by atoms with Crippen molar-refractivity contribution >= 4 is 44.4 Å². The minimum Gasteiger partial charge on any atom is -0.450 e. The van der Waals surface area contributed by atoms with E-state index in [2.05, 4.69) is 15.3 Å². The van der Waals surface area contributed by atoms with Gasteiger partial charge in [-0.25, -0.2) is 4.79 Å². The number of aryl methyl sites for hydroxylation is 1. The number of carbonyl (C=O) groups is 1. The molecule has 0 spiro atoms. The number of benzene rings is 3.